The van der Waals surface area contributed by atoms with Crippen LogP contribution in [0.5, 0.6) is 0 Å². The quantitative estimate of drug-likeness (QED) is 0.689. The number of aromatic nitrogens is 1. The Morgan fingerprint density at radius 3 is 3.00 bits per heavy atom. The van der Waals surface area contributed by atoms with Crippen LogP contribution in [-0.2, 0) is 0 Å². The van der Waals surface area contributed by atoms with Crippen LogP contribution in [0.1, 0.15) is 12.5 Å². The molecule has 0 aliphatic heterocycles. The van der Waals surface area contributed by atoms with Gasteiger partial charge < -0.3 is 4.98 Å². The largest absolute Gasteiger partial charge is 0.361 e. The van der Waals surface area contributed by atoms with Gasteiger partial charge in [0.25, 0.3) is 0 Å². The summed E-state index contributed by atoms with van der Waals surface area (Å²) < 4.78 is 0. The van der Waals surface area contributed by atoms with Crippen LogP contribution in [0.25, 0.3) is 10.9 Å². The fourth-order valence-corrected chi connectivity index (χ4v) is 1.53. The van der Waals surface area contributed by atoms with Crippen LogP contribution in [-0.4, -0.2) is 4.98 Å². The van der Waals surface area contributed by atoms with Gasteiger partial charge in [0, 0.05) is 22.1 Å². The summed E-state index contributed by atoms with van der Waals surface area (Å²) in [5, 5.41) is 1.99. The first-order valence-corrected chi connectivity index (χ1v) is 4.25. The van der Waals surface area contributed by atoms with Gasteiger partial charge in [-0.2, -0.15) is 0 Å². The maximum Gasteiger partial charge on any atom is 0.0471 e. The Morgan fingerprint density at radius 1 is 1.42 bits per heavy atom. The molecule has 0 aliphatic carbocycles. The topological polar surface area (TPSA) is 15.8 Å². The van der Waals surface area contributed by atoms with Crippen molar-refractivity contribution in [2.75, 3.05) is 0 Å². The van der Waals surface area contributed by atoms with E-state index in [-0.39, 0.29) is 0 Å². The molecule has 2 heteroatoms. The van der Waals surface area contributed by atoms with Crippen molar-refractivity contribution < 1.29 is 0 Å². The fourth-order valence-electron chi connectivity index (χ4n) is 1.36. The number of benzene rings is 1. The molecule has 1 nitrogen and oxygen atoms in total. The maximum absolute atomic E-state index is 5.84. The first-order valence-electron chi connectivity index (χ1n) is 3.87. The molecule has 1 heterocycles. The molecule has 0 spiro atoms. The zero-order chi connectivity index (χ0) is 8.55. The highest BCUT2D eigenvalue weighted by Crippen LogP contribution is 2.22. The van der Waals surface area contributed by atoms with Crippen LogP contribution in [0, 0.1) is 6.42 Å². The lowest BCUT2D eigenvalue weighted by Gasteiger charge is -1.93. The van der Waals surface area contributed by atoms with E-state index in [1.54, 1.807) is 0 Å². The second-order valence-electron chi connectivity index (χ2n) is 2.72. The lowest BCUT2D eigenvalue weighted by Crippen LogP contribution is -1.71. The van der Waals surface area contributed by atoms with E-state index in [2.05, 4.69) is 11.4 Å². The number of rotatable bonds is 1. The molecule has 12 heavy (non-hydrogen) atoms. The van der Waals surface area contributed by atoms with E-state index in [9.17, 15) is 0 Å². The second-order valence-corrected chi connectivity index (χ2v) is 3.16. The van der Waals surface area contributed by atoms with Crippen LogP contribution < -0.4 is 0 Å². The van der Waals surface area contributed by atoms with Crippen molar-refractivity contribution in [2.24, 2.45) is 0 Å². The first kappa shape index (κ1) is 7.69. The van der Waals surface area contributed by atoms with Crippen LogP contribution in [0.2, 0.25) is 5.02 Å². The summed E-state index contributed by atoms with van der Waals surface area (Å²) in [5.41, 5.74) is 2.32. The molecular formula is C10H9ClN. The van der Waals surface area contributed by atoms with Crippen molar-refractivity contribution in [3.8, 4) is 0 Å². The number of aromatic amines is 1. The minimum absolute atomic E-state index is 0.770. The summed E-state index contributed by atoms with van der Waals surface area (Å²) in [7, 11) is 0. The molecule has 0 bridgehead atoms. The Morgan fingerprint density at radius 2 is 2.25 bits per heavy atom. The van der Waals surface area contributed by atoms with Crippen molar-refractivity contribution in [1.82, 2.24) is 4.98 Å². The Bertz CT molecular complexity index is 403. The van der Waals surface area contributed by atoms with Gasteiger partial charge >= 0.3 is 0 Å². The van der Waals surface area contributed by atoms with Crippen molar-refractivity contribution >= 4 is 22.5 Å². The number of nitrogens with one attached hydrogen (secondary N) is 1. The molecule has 0 saturated carbocycles. The minimum atomic E-state index is 0.770. The van der Waals surface area contributed by atoms with Crippen molar-refractivity contribution in [3.63, 3.8) is 0 Å². The van der Waals surface area contributed by atoms with E-state index in [0.717, 1.165) is 10.5 Å². The van der Waals surface area contributed by atoms with Crippen LogP contribution >= 0.6 is 11.6 Å². The number of hydrogen-bond donors (Lipinski definition) is 1. The van der Waals surface area contributed by atoms with Crippen molar-refractivity contribution in [2.45, 2.75) is 6.92 Å². The maximum atomic E-state index is 5.84. The highest BCUT2D eigenvalue weighted by Gasteiger charge is 2.00. The fraction of sp³-hybridized carbons (Fsp3) is 0.100. The summed E-state index contributed by atoms with van der Waals surface area (Å²) in [5.74, 6) is 0. The molecule has 2 aromatic rings. The van der Waals surface area contributed by atoms with Crippen molar-refractivity contribution in [3.05, 3.63) is 41.4 Å². The van der Waals surface area contributed by atoms with Gasteiger partial charge in [0.2, 0.25) is 0 Å². The van der Waals surface area contributed by atoms with Gasteiger partial charge in [-0.15, -0.1) is 0 Å². The molecule has 0 amide bonds. The molecule has 1 aromatic carbocycles. The SMILES string of the molecule is C[CH]c1c[nH]c2cc(Cl)ccc12. The standard InChI is InChI=1S/C10H9ClN/c1-2-7-6-12-10-5-8(11)3-4-9(7)10/h2-6,12H,1H3. The molecular weight excluding hydrogens is 170 g/mol. The van der Waals surface area contributed by atoms with Gasteiger partial charge in [-0.25, -0.2) is 0 Å². The van der Waals surface area contributed by atoms with Gasteiger partial charge in [0.1, 0.15) is 0 Å². The van der Waals surface area contributed by atoms with Gasteiger partial charge in [-0.1, -0.05) is 24.6 Å². The third-order valence-electron chi connectivity index (χ3n) is 1.99. The summed E-state index contributed by atoms with van der Waals surface area (Å²) in [4.78, 5) is 3.16. The molecule has 0 fully saturated rings. The third kappa shape index (κ3) is 1.10. The number of hydrogen-bond acceptors (Lipinski definition) is 0. The number of fused-ring (bicyclic) bond motifs is 1. The zero-order valence-electron chi connectivity index (χ0n) is 6.76. The third-order valence-corrected chi connectivity index (χ3v) is 2.22. The summed E-state index contributed by atoms with van der Waals surface area (Å²) in [6, 6.07) is 5.87. The molecule has 1 N–H and O–H groups in total. The Kier molecular flexibility index (Phi) is 1.81. The zero-order valence-corrected chi connectivity index (χ0v) is 7.52. The Balaban J connectivity index is 2.73. The molecule has 0 atom stereocenters. The number of halogens is 1. The molecule has 0 saturated heterocycles. The van der Waals surface area contributed by atoms with E-state index in [4.69, 9.17) is 11.6 Å². The predicted molar refractivity (Wildman–Crippen MR) is 52.4 cm³/mol. The van der Waals surface area contributed by atoms with Gasteiger partial charge in [-0.3, -0.25) is 0 Å². The second kappa shape index (κ2) is 2.83. The van der Waals surface area contributed by atoms with E-state index >= 15 is 0 Å². The average molecular weight is 179 g/mol. The van der Waals surface area contributed by atoms with Crippen molar-refractivity contribution in [1.29, 1.82) is 0 Å². The molecule has 0 aliphatic rings. The van der Waals surface area contributed by atoms with Gasteiger partial charge in [-0.05, 0) is 24.1 Å². The average Bonchev–Trinajstić information content (AvgIpc) is 2.46. The van der Waals surface area contributed by atoms with Gasteiger partial charge in [0.05, 0.1) is 0 Å². The van der Waals surface area contributed by atoms with Crippen LogP contribution in [0.4, 0.5) is 0 Å². The Labute approximate surface area is 76.4 Å². The molecule has 2 rings (SSSR count). The summed E-state index contributed by atoms with van der Waals surface area (Å²) >= 11 is 5.84. The first-order chi connectivity index (χ1) is 5.81. The molecule has 61 valence electrons. The minimum Gasteiger partial charge on any atom is -0.361 e. The normalized spacial score (nSPS) is 10.8. The molecule has 0 unspecified atom stereocenters. The molecule has 1 radical (unpaired) electrons. The van der Waals surface area contributed by atoms with E-state index in [1.165, 1.54) is 10.9 Å². The summed E-state index contributed by atoms with van der Waals surface area (Å²) in [6.45, 7) is 2.03. The lowest BCUT2D eigenvalue weighted by molar-refractivity contribution is 1.41. The van der Waals surface area contributed by atoms with Gasteiger partial charge in [0.15, 0.2) is 0 Å². The molecule has 1 aromatic heterocycles. The van der Waals surface area contributed by atoms with E-state index in [0.29, 0.717) is 0 Å². The summed E-state index contributed by atoms with van der Waals surface area (Å²) in [6.07, 6.45) is 4.06. The highest BCUT2D eigenvalue weighted by atomic mass is 35.5. The predicted octanol–water partition coefficient (Wildman–Crippen LogP) is 3.39. The van der Waals surface area contributed by atoms with E-state index < -0.39 is 0 Å². The smallest absolute Gasteiger partial charge is 0.0471 e. The Hall–Kier alpha value is -0.950. The number of H-pyrrole nitrogens is 1. The van der Waals surface area contributed by atoms with E-state index in [1.807, 2.05) is 31.3 Å². The van der Waals surface area contributed by atoms with Crippen LogP contribution in [0.15, 0.2) is 24.4 Å². The monoisotopic (exact) mass is 178 g/mol. The van der Waals surface area contributed by atoms with Crippen LogP contribution in [0.3, 0.4) is 0 Å². The lowest BCUT2D eigenvalue weighted by atomic mass is 10.1. The highest BCUT2D eigenvalue weighted by molar-refractivity contribution is 6.31.